The highest BCUT2D eigenvalue weighted by molar-refractivity contribution is 7.05. The number of rotatable bonds is 6. The van der Waals surface area contributed by atoms with Crippen LogP contribution in [0.2, 0.25) is 0 Å². The Labute approximate surface area is 187 Å². The van der Waals surface area contributed by atoms with Gasteiger partial charge in [0.05, 0.1) is 18.3 Å². The number of Topliss-reactive ketones (excluding diaryl/α,β-unsaturated/α-hetero) is 2. The van der Waals surface area contributed by atoms with E-state index in [4.69, 9.17) is 4.74 Å². The molecule has 2 unspecified atom stereocenters. The molecule has 2 rings (SSSR count). The van der Waals surface area contributed by atoms with Gasteiger partial charge in [0.2, 0.25) is 5.78 Å². The van der Waals surface area contributed by atoms with E-state index >= 15 is 0 Å². The molecule has 0 saturated carbocycles. The molecule has 31 heavy (non-hydrogen) atoms. The van der Waals surface area contributed by atoms with Crippen LogP contribution < -0.4 is 10.6 Å². The van der Waals surface area contributed by atoms with Gasteiger partial charge in [-0.15, -0.1) is 0 Å². The van der Waals surface area contributed by atoms with Crippen LogP contribution in [0, 0.1) is 17.3 Å². The van der Waals surface area contributed by atoms with Crippen LogP contribution in [0.1, 0.15) is 58.0 Å². The van der Waals surface area contributed by atoms with Crippen molar-refractivity contribution < 1.29 is 23.9 Å². The summed E-state index contributed by atoms with van der Waals surface area (Å²) in [4.78, 5) is 51.2. The van der Waals surface area contributed by atoms with Crippen molar-refractivity contribution in [1.29, 1.82) is 0 Å². The van der Waals surface area contributed by atoms with Gasteiger partial charge in [-0.05, 0) is 41.8 Å². The lowest BCUT2D eigenvalue weighted by atomic mass is 9.87. The van der Waals surface area contributed by atoms with E-state index < -0.39 is 29.7 Å². The summed E-state index contributed by atoms with van der Waals surface area (Å²) in [6.07, 6.45) is 0.738. The first-order valence-corrected chi connectivity index (χ1v) is 11.5. The molecule has 0 saturated heterocycles. The summed E-state index contributed by atoms with van der Waals surface area (Å²) in [6, 6.07) is 1.19. The summed E-state index contributed by atoms with van der Waals surface area (Å²) in [5.41, 5.74) is 0.694. The number of alkyl carbamates (subject to hydrolysis) is 1. The minimum Gasteiger partial charge on any atom is -0.449 e. The van der Waals surface area contributed by atoms with Gasteiger partial charge in [0.15, 0.2) is 5.78 Å². The second-order valence-corrected chi connectivity index (χ2v) is 10.5. The molecule has 0 aliphatic carbocycles. The normalized spacial score (nSPS) is 18.7. The molecule has 1 aliphatic heterocycles. The van der Waals surface area contributed by atoms with E-state index in [9.17, 15) is 19.2 Å². The first-order chi connectivity index (χ1) is 14.5. The van der Waals surface area contributed by atoms with Gasteiger partial charge in [-0.25, -0.2) is 4.79 Å². The summed E-state index contributed by atoms with van der Waals surface area (Å²) in [7, 11) is 0. The van der Waals surface area contributed by atoms with Crippen molar-refractivity contribution >= 4 is 35.1 Å². The highest BCUT2D eigenvalue weighted by atomic mass is 32.1. The number of aromatic nitrogens is 1. The monoisotopic (exact) mass is 451 g/mol. The number of hydrogen-bond donors (Lipinski definition) is 2. The molecule has 0 aromatic carbocycles. The van der Waals surface area contributed by atoms with E-state index in [2.05, 4.69) is 15.0 Å². The van der Waals surface area contributed by atoms with E-state index in [-0.39, 0.29) is 30.1 Å². The zero-order valence-electron chi connectivity index (χ0n) is 18.9. The molecule has 2 heterocycles. The maximum absolute atomic E-state index is 13.0. The van der Waals surface area contributed by atoms with E-state index in [1.54, 1.807) is 0 Å². The quantitative estimate of drug-likeness (QED) is 0.643. The summed E-state index contributed by atoms with van der Waals surface area (Å²) < 4.78 is 9.58. The molecule has 2 bridgehead atoms. The molecule has 2 N–H and O–H groups in total. The molecule has 1 aliphatic rings. The van der Waals surface area contributed by atoms with Crippen molar-refractivity contribution in [2.24, 2.45) is 17.3 Å². The fourth-order valence-electron chi connectivity index (χ4n) is 3.25. The predicted molar refractivity (Wildman–Crippen MR) is 118 cm³/mol. The number of carbonyl (C=O) groups is 4. The number of fused-ring (bicyclic) bond motifs is 2. The van der Waals surface area contributed by atoms with E-state index in [1.165, 1.54) is 11.5 Å². The third kappa shape index (κ3) is 8.05. The SMILES string of the molecule is CC(C)C(NC(=O)OCC(C)(C)C)C(=O)CC1CCc2cc(ns2)CCNC(=O)C1=O. The summed E-state index contributed by atoms with van der Waals surface area (Å²) in [6.45, 7) is 10.00. The summed E-state index contributed by atoms with van der Waals surface area (Å²) >= 11 is 1.38. The Hall–Kier alpha value is -2.29. The Balaban J connectivity index is 2.07. The van der Waals surface area contributed by atoms with Crippen molar-refractivity contribution in [3.05, 3.63) is 16.6 Å². The highest BCUT2D eigenvalue weighted by Crippen LogP contribution is 2.21. The van der Waals surface area contributed by atoms with Crippen LogP contribution in [-0.2, 0) is 32.0 Å². The zero-order chi connectivity index (χ0) is 23.2. The number of nitrogens with one attached hydrogen (secondary N) is 2. The average molecular weight is 452 g/mol. The second kappa shape index (κ2) is 10.8. The van der Waals surface area contributed by atoms with E-state index in [0.717, 1.165) is 10.6 Å². The van der Waals surface area contributed by atoms with Crippen LogP contribution in [0.15, 0.2) is 6.07 Å². The Morgan fingerprint density at radius 1 is 1.29 bits per heavy atom. The molecule has 172 valence electrons. The predicted octanol–water partition coefficient (Wildman–Crippen LogP) is 2.69. The third-order valence-corrected chi connectivity index (χ3v) is 5.86. The summed E-state index contributed by atoms with van der Waals surface area (Å²) in [5, 5.41) is 5.26. The molecule has 2 amide bonds. The average Bonchev–Trinajstić information content (AvgIpc) is 3.12. The van der Waals surface area contributed by atoms with Crippen LogP contribution in [-0.4, -0.2) is 47.1 Å². The Bertz CT molecular complexity index is 812. The van der Waals surface area contributed by atoms with Gasteiger partial charge >= 0.3 is 6.09 Å². The Morgan fingerprint density at radius 3 is 2.65 bits per heavy atom. The Kier molecular flexibility index (Phi) is 8.73. The van der Waals surface area contributed by atoms with E-state index in [0.29, 0.717) is 25.8 Å². The molecule has 0 radical (unpaired) electrons. The number of ether oxygens (including phenoxy) is 1. The lowest BCUT2D eigenvalue weighted by Crippen LogP contribution is -2.46. The second-order valence-electron chi connectivity index (χ2n) is 9.56. The molecule has 2 atom stereocenters. The van der Waals surface area contributed by atoms with Crippen LogP contribution >= 0.6 is 11.5 Å². The topological polar surface area (TPSA) is 114 Å². The largest absolute Gasteiger partial charge is 0.449 e. The van der Waals surface area contributed by atoms with Crippen LogP contribution in [0.5, 0.6) is 0 Å². The van der Waals surface area contributed by atoms with Gasteiger partial charge in [0, 0.05) is 30.2 Å². The number of nitrogens with zero attached hydrogens (tertiary/aromatic N) is 1. The molecular weight excluding hydrogens is 418 g/mol. The van der Waals surface area contributed by atoms with Gasteiger partial charge in [0.1, 0.15) is 0 Å². The number of amides is 2. The van der Waals surface area contributed by atoms with Gasteiger partial charge in [-0.2, -0.15) is 4.37 Å². The van der Waals surface area contributed by atoms with Gasteiger partial charge < -0.3 is 15.4 Å². The van der Waals surface area contributed by atoms with Crippen LogP contribution in [0.4, 0.5) is 4.79 Å². The van der Waals surface area contributed by atoms with Crippen molar-refractivity contribution in [3.8, 4) is 0 Å². The first-order valence-electron chi connectivity index (χ1n) is 10.7. The van der Waals surface area contributed by atoms with Crippen LogP contribution in [0.3, 0.4) is 0 Å². The number of hydrogen-bond acceptors (Lipinski definition) is 7. The lowest BCUT2D eigenvalue weighted by molar-refractivity contribution is -0.141. The van der Waals surface area contributed by atoms with Crippen LogP contribution in [0.25, 0.3) is 0 Å². The molecule has 9 heteroatoms. The summed E-state index contributed by atoms with van der Waals surface area (Å²) in [5.74, 6) is -2.48. The fourth-order valence-corrected chi connectivity index (χ4v) is 4.03. The molecular formula is C22H33N3O5S. The van der Waals surface area contributed by atoms with E-state index in [1.807, 2.05) is 40.7 Å². The molecule has 8 nitrogen and oxygen atoms in total. The van der Waals surface area contributed by atoms with Crippen molar-refractivity contribution in [2.45, 2.75) is 66.3 Å². The smallest absolute Gasteiger partial charge is 0.407 e. The minimum absolute atomic E-state index is 0.111. The Morgan fingerprint density at radius 2 is 2.00 bits per heavy atom. The van der Waals surface area contributed by atoms with Gasteiger partial charge in [0.25, 0.3) is 5.91 Å². The number of ketones is 2. The zero-order valence-corrected chi connectivity index (χ0v) is 19.8. The standard InChI is InChI=1S/C22H33N3O5S/c1-13(2)18(24-21(29)30-12-22(3,4)5)17(26)10-14-6-7-16-11-15(25-31-16)8-9-23-20(28)19(14)27/h11,13-14,18H,6-10,12H2,1-5H3,(H,23,28)(H,24,29). The number of carbonyl (C=O) groups excluding carboxylic acids is 4. The van der Waals surface area contributed by atoms with Crippen molar-refractivity contribution in [2.75, 3.05) is 13.2 Å². The number of aryl methyl sites for hydroxylation is 1. The van der Waals surface area contributed by atoms with Gasteiger partial charge in [-0.3, -0.25) is 14.4 Å². The molecule has 0 fully saturated rings. The third-order valence-electron chi connectivity index (χ3n) is 4.98. The maximum Gasteiger partial charge on any atom is 0.407 e. The van der Waals surface area contributed by atoms with Crippen molar-refractivity contribution in [3.63, 3.8) is 0 Å². The van der Waals surface area contributed by atoms with Crippen molar-refractivity contribution in [1.82, 2.24) is 15.0 Å². The molecule has 1 aromatic rings. The first kappa shape index (κ1) is 25.0. The minimum atomic E-state index is -0.795. The lowest BCUT2D eigenvalue weighted by Gasteiger charge is -2.24. The highest BCUT2D eigenvalue weighted by Gasteiger charge is 2.32. The fraction of sp³-hybridized carbons (Fsp3) is 0.682. The molecule has 1 aromatic heterocycles. The van der Waals surface area contributed by atoms with Gasteiger partial charge in [-0.1, -0.05) is 34.6 Å². The maximum atomic E-state index is 13.0. The molecule has 0 spiro atoms.